The summed E-state index contributed by atoms with van der Waals surface area (Å²) in [6.45, 7) is 5.65. The van der Waals surface area contributed by atoms with Gasteiger partial charge >= 0.3 is 6.09 Å². The van der Waals surface area contributed by atoms with Crippen LogP contribution in [0.15, 0.2) is 29.2 Å². The van der Waals surface area contributed by atoms with E-state index in [1.54, 1.807) is 20.8 Å². The number of nitrogens with one attached hydrogen (secondary N) is 1. The molecule has 2 atom stereocenters. The van der Waals surface area contributed by atoms with Crippen LogP contribution in [-0.4, -0.2) is 60.8 Å². The molecule has 2 N–H and O–H groups in total. The van der Waals surface area contributed by atoms with Gasteiger partial charge in [-0.15, -0.1) is 0 Å². The van der Waals surface area contributed by atoms with Crippen LogP contribution in [-0.2, 0) is 14.8 Å². The number of hydrogen-bond acceptors (Lipinski definition) is 7. The molecule has 29 heavy (non-hydrogen) atoms. The van der Waals surface area contributed by atoms with E-state index in [4.69, 9.17) is 9.84 Å². The molecular formula is C18H27N3O7S. The molecule has 11 heteroatoms. The maximum absolute atomic E-state index is 12.7. The molecule has 0 bridgehead atoms. The van der Waals surface area contributed by atoms with Crippen molar-refractivity contribution >= 4 is 21.8 Å². The first kappa shape index (κ1) is 23.0. The van der Waals surface area contributed by atoms with Crippen molar-refractivity contribution in [1.82, 2.24) is 9.62 Å². The summed E-state index contributed by atoms with van der Waals surface area (Å²) in [7, 11) is -3.94. The molecule has 0 spiro atoms. The Hall–Kier alpha value is -2.24. The molecule has 1 aromatic carbocycles. The lowest BCUT2D eigenvalue weighted by Crippen LogP contribution is -2.41. The van der Waals surface area contributed by atoms with E-state index in [-0.39, 0.29) is 29.7 Å². The first-order valence-electron chi connectivity index (χ1n) is 9.28. The van der Waals surface area contributed by atoms with E-state index in [1.807, 2.05) is 0 Å². The van der Waals surface area contributed by atoms with E-state index in [0.717, 1.165) is 12.1 Å². The van der Waals surface area contributed by atoms with Gasteiger partial charge in [-0.2, -0.15) is 0 Å². The van der Waals surface area contributed by atoms with E-state index >= 15 is 0 Å². The Morgan fingerprint density at radius 3 is 2.45 bits per heavy atom. The summed E-state index contributed by atoms with van der Waals surface area (Å²) in [5.41, 5.74) is -0.879. The molecule has 1 aromatic rings. The summed E-state index contributed by atoms with van der Waals surface area (Å²) < 4.78 is 33.4. The van der Waals surface area contributed by atoms with Crippen molar-refractivity contribution in [3.8, 4) is 0 Å². The first-order chi connectivity index (χ1) is 13.4. The second kappa shape index (κ2) is 9.06. The van der Waals surface area contributed by atoms with E-state index in [1.165, 1.54) is 17.0 Å². The SMILES string of the molecule is CC(C)(C)OC(=O)N1C[C@@H](CCCO)[C@H](NS(=O)(=O)c2ccc([N+](=O)[O-])cc2)C1. The number of aliphatic hydroxyl groups is 1. The molecule has 1 heterocycles. The molecule has 1 aliphatic heterocycles. The Balaban J connectivity index is 2.16. The molecule has 0 aliphatic carbocycles. The molecule has 1 saturated heterocycles. The molecule has 0 radical (unpaired) electrons. The molecule has 1 fully saturated rings. The Labute approximate surface area is 170 Å². The normalized spacial score (nSPS) is 19.9. The third-order valence-corrected chi connectivity index (χ3v) is 6.00. The summed E-state index contributed by atoms with van der Waals surface area (Å²) in [5, 5.41) is 19.9. The standard InChI is InChI=1S/C18H27N3O7S/c1-18(2,3)28-17(23)20-11-13(5-4-10-22)16(12-20)19-29(26,27)15-8-6-14(7-9-15)21(24)25/h6-9,13,16,19,22H,4-5,10-12H2,1-3H3/t13-,16-/m1/s1. The van der Waals surface area contributed by atoms with Crippen LogP contribution in [0.3, 0.4) is 0 Å². The van der Waals surface area contributed by atoms with Crippen molar-refractivity contribution in [2.75, 3.05) is 19.7 Å². The smallest absolute Gasteiger partial charge is 0.410 e. The van der Waals surface area contributed by atoms with Crippen LogP contribution in [0.4, 0.5) is 10.5 Å². The van der Waals surface area contributed by atoms with Gasteiger partial charge in [0.2, 0.25) is 10.0 Å². The predicted octanol–water partition coefficient (Wildman–Crippen LogP) is 1.88. The third-order valence-electron chi connectivity index (χ3n) is 4.49. The number of nitrogens with zero attached hydrogens (tertiary/aromatic N) is 2. The number of non-ortho nitro benzene ring substituents is 1. The zero-order valence-electron chi connectivity index (χ0n) is 16.7. The summed E-state index contributed by atoms with van der Waals surface area (Å²) >= 11 is 0. The number of aliphatic hydroxyl groups excluding tert-OH is 1. The molecule has 2 rings (SSSR count). The fourth-order valence-corrected chi connectivity index (χ4v) is 4.44. The topological polar surface area (TPSA) is 139 Å². The number of amides is 1. The number of benzene rings is 1. The van der Waals surface area contributed by atoms with Gasteiger partial charge in [-0.05, 0) is 51.7 Å². The fraction of sp³-hybridized carbons (Fsp3) is 0.611. The largest absolute Gasteiger partial charge is 0.444 e. The van der Waals surface area contributed by atoms with Gasteiger partial charge in [0.05, 0.1) is 9.82 Å². The minimum atomic E-state index is -3.94. The minimum Gasteiger partial charge on any atom is -0.444 e. The van der Waals surface area contributed by atoms with Crippen LogP contribution in [0.1, 0.15) is 33.6 Å². The Morgan fingerprint density at radius 2 is 1.93 bits per heavy atom. The van der Waals surface area contributed by atoms with Crippen molar-refractivity contribution < 1.29 is 28.0 Å². The van der Waals surface area contributed by atoms with Crippen LogP contribution in [0.5, 0.6) is 0 Å². The van der Waals surface area contributed by atoms with Gasteiger partial charge in [-0.1, -0.05) is 0 Å². The lowest BCUT2D eigenvalue weighted by molar-refractivity contribution is -0.384. The molecule has 1 amide bonds. The monoisotopic (exact) mass is 429 g/mol. The molecule has 0 unspecified atom stereocenters. The maximum atomic E-state index is 12.7. The average Bonchev–Trinajstić information content (AvgIpc) is 3.01. The zero-order valence-corrected chi connectivity index (χ0v) is 17.5. The number of sulfonamides is 1. The van der Waals surface area contributed by atoms with E-state index in [9.17, 15) is 23.3 Å². The van der Waals surface area contributed by atoms with Crippen LogP contribution in [0.25, 0.3) is 0 Å². The molecule has 0 aromatic heterocycles. The van der Waals surface area contributed by atoms with Crippen molar-refractivity contribution in [2.24, 2.45) is 5.92 Å². The van der Waals surface area contributed by atoms with Crippen molar-refractivity contribution in [3.05, 3.63) is 34.4 Å². The van der Waals surface area contributed by atoms with E-state index in [2.05, 4.69) is 4.72 Å². The van der Waals surface area contributed by atoms with Crippen molar-refractivity contribution in [1.29, 1.82) is 0 Å². The van der Waals surface area contributed by atoms with Gasteiger partial charge in [-0.25, -0.2) is 17.9 Å². The summed E-state index contributed by atoms with van der Waals surface area (Å²) in [6, 6.07) is 4.03. The van der Waals surface area contributed by atoms with Gasteiger partial charge in [0.15, 0.2) is 0 Å². The highest BCUT2D eigenvalue weighted by atomic mass is 32.2. The maximum Gasteiger partial charge on any atom is 0.410 e. The molecule has 1 aliphatic rings. The Morgan fingerprint density at radius 1 is 1.31 bits per heavy atom. The summed E-state index contributed by atoms with van der Waals surface area (Å²) in [4.78, 5) is 23.9. The Kier molecular flexibility index (Phi) is 7.20. The number of nitro benzene ring substituents is 1. The average molecular weight is 429 g/mol. The lowest BCUT2D eigenvalue weighted by Gasteiger charge is -2.24. The van der Waals surface area contributed by atoms with E-state index in [0.29, 0.717) is 19.4 Å². The highest BCUT2D eigenvalue weighted by molar-refractivity contribution is 7.89. The first-order valence-corrected chi connectivity index (χ1v) is 10.8. The number of carbonyl (C=O) groups is 1. The van der Waals surface area contributed by atoms with E-state index < -0.39 is 32.7 Å². The van der Waals surface area contributed by atoms with Crippen LogP contribution in [0, 0.1) is 16.0 Å². The number of rotatable bonds is 7. The number of ether oxygens (including phenoxy) is 1. The molecule has 162 valence electrons. The van der Waals surface area contributed by atoms with Crippen molar-refractivity contribution in [2.45, 2.75) is 50.2 Å². The van der Waals surface area contributed by atoms with Gasteiger partial charge in [-0.3, -0.25) is 10.1 Å². The quantitative estimate of drug-likeness (QED) is 0.498. The van der Waals surface area contributed by atoms with Gasteiger partial charge in [0.1, 0.15) is 5.60 Å². The number of nitro groups is 1. The van der Waals surface area contributed by atoms with Gasteiger partial charge < -0.3 is 14.7 Å². The van der Waals surface area contributed by atoms with Crippen LogP contribution in [0.2, 0.25) is 0 Å². The molecule has 0 saturated carbocycles. The number of likely N-dealkylation sites (tertiary alicyclic amines) is 1. The number of carbonyl (C=O) groups excluding carboxylic acids is 1. The summed E-state index contributed by atoms with van der Waals surface area (Å²) in [6.07, 6.45) is 0.481. The second-order valence-electron chi connectivity index (χ2n) is 7.99. The zero-order chi connectivity index (χ0) is 21.8. The van der Waals surface area contributed by atoms with Crippen LogP contribution >= 0.6 is 0 Å². The number of hydrogen-bond donors (Lipinski definition) is 2. The minimum absolute atomic E-state index is 0.0369. The molecule has 10 nitrogen and oxygen atoms in total. The lowest BCUT2D eigenvalue weighted by atomic mass is 9.99. The Bertz CT molecular complexity index is 834. The highest BCUT2D eigenvalue weighted by Crippen LogP contribution is 2.26. The second-order valence-corrected chi connectivity index (χ2v) is 9.70. The van der Waals surface area contributed by atoms with Gasteiger partial charge in [0, 0.05) is 37.9 Å². The van der Waals surface area contributed by atoms with Crippen molar-refractivity contribution in [3.63, 3.8) is 0 Å². The predicted molar refractivity (Wildman–Crippen MR) is 105 cm³/mol. The highest BCUT2D eigenvalue weighted by Gasteiger charge is 2.39. The summed E-state index contributed by atoms with van der Waals surface area (Å²) in [5.74, 6) is -0.192. The fourth-order valence-electron chi connectivity index (χ4n) is 3.14. The third kappa shape index (κ3) is 6.38. The van der Waals surface area contributed by atoms with Gasteiger partial charge in [0.25, 0.3) is 5.69 Å². The van der Waals surface area contributed by atoms with Crippen LogP contribution < -0.4 is 4.72 Å². The molecular weight excluding hydrogens is 402 g/mol.